The average molecular weight is 330 g/mol. The fourth-order valence-electron chi connectivity index (χ4n) is 3.66. The number of nitrogens with one attached hydrogen (secondary N) is 1. The molecule has 0 unspecified atom stereocenters. The first-order chi connectivity index (χ1) is 11.3. The molecule has 0 saturated carbocycles. The normalized spacial score (nSPS) is 20.1. The van der Waals surface area contributed by atoms with Gasteiger partial charge in [-0.15, -0.1) is 10.2 Å². The van der Waals surface area contributed by atoms with Gasteiger partial charge in [-0.2, -0.15) is 0 Å². The molecule has 2 fully saturated rings. The standard InChI is InChI=1S/C17H22N4OS/c1-22-14-4-2-13(3-5-14)15-19-20-16(23-15)21-11-8-17(12-21)6-9-18-10-7-17/h2-5,18H,6-12H2,1H3. The number of benzene rings is 1. The second-order valence-corrected chi connectivity index (χ2v) is 7.50. The molecular weight excluding hydrogens is 308 g/mol. The summed E-state index contributed by atoms with van der Waals surface area (Å²) in [5.74, 6) is 0.867. The van der Waals surface area contributed by atoms with Crippen molar-refractivity contribution < 1.29 is 4.74 Å². The van der Waals surface area contributed by atoms with Gasteiger partial charge in [0, 0.05) is 18.7 Å². The molecule has 1 spiro atoms. The van der Waals surface area contributed by atoms with Crippen LogP contribution in [-0.2, 0) is 0 Å². The molecule has 0 atom stereocenters. The zero-order valence-corrected chi connectivity index (χ0v) is 14.2. The van der Waals surface area contributed by atoms with E-state index < -0.39 is 0 Å². The molecule has 122 valence electrons. The Hall–Kier alpha value is -1.66. The molecule has 1 aromatic heterocycles. The first-order valence-corrected chi connectivity index (χ1v) is 9.03. The molecule has 0 bridgehead atoms. The van der Waals surface area contributed by atoms with Gasteiger partial charge in [-0.3, -0.25) is 0 Å². The number of rotatable bonds is 3. The van der Waals surface area contributed by atoms with Gasteiger partial charge in [-0.25, -0.2) is 0 Å². The van der Waals surface area contributed by atoms with E-state index in [1.807, 2.05) is 24.3 Å². The summed E-state index contributed by atoms with van der Waals surface area (Å²) in [5, 5.41) is 14.3. The van der Waals surface area contributed by atoms with Crippen LogP contribution < -0.4 is 15.0 Å². The molecule has 2 saturated heterocycles. The summed E-state index contributed by atoms with van der Waals surface area (Å²) in [5.41, 5.74) is 1.60. The molecule has 0 radical (unpaired) electrons. The van der Waals surface area contributed by atoms with E-state index in [0.29, 0.717) is 5.41 Å². The SMILES string of the molecule is COc1ccc(-c2nnc(N3CCC4(CCNCC4)C3)s2)cc1. The Labute approximate surface area is 140 Å². The molecule has 4 rings (SSSR count). The highest BCUT2D eigenvalue weighted by atomic mass is 32.1. The maximum absolute atomic E-state index is 5.21. The number of aromatic nitrogens is 2. The van der Waals surface area contributed by atoms with E-state index in [1.165, 1.54) is 19.3 Å². The molecular formula is C17H22N4OS. The number of hydrogen-bond acceptors (Lipinski definition) is 6. The maximum Gasteiger partial charge on any atom is 0.208 e. The van der Waals surface area contributed by atoms with E-state index in [1.54, 1.807) is 18.4 Å². The van der Waals surface area contributed by atoms with Gasteiger partial charge in [0.25, 0.3) is 0 Å². The predicted molar refractivity (Wildman–Crippen MR) is 93.3 cm³/mol. The lowest BCUT2D eigenvalue weighted by atomic mass is 9.78. The molecule has 3 heterocycles. The summed E-state index contributed by atoms with van der Waals surface area (Å²) in [7, 11) is 1.68. The highest BCUT2D eigenvalue weighted by Crippen LogP contribution is 2.41. The molecule has 1 N–H and O–H groups in total. The summed E-state index contributed by atoms with van der Waals surface area (Å²) >= 11 is 1.69. The van der Waals surface area contributed by atoms with Crippen molar-refractivity contribution in [2.24, 2.45) is 5.41 Å². The van der Waals surface area contributed by atoms with Crippen LogP contribution in [0.3, 0.4) is 0 Å². The first kappa shape index (κ1) is 14.9. The monoisotopic (exact) mass is 330 g/mol. The van der Waals surface area contributed by atoms with Crippen molar-refractivity contribution in [2.75, 3.05) is 38.2 Å². The second kappa shape index (κ2) is 6.09. The van der Waals surface area contributed by atoms with Crippen LogP contribution in [0.25, 0.3) is 10.6 Å². The van der Waals surface area contributed by atoms with Crippen LogP contribution in [-0.4, -0.2) is 43.5 Å². The highest BCUT2D eigenvalue weighted by Gasteiger charge is 2.39. The van der Waals surface area contributed by atoms with Crippen molar-refractivity contribution in [3.8, 4) is 16.3 Å². The van der Waals surface area contributed by atoms with E-state index in [9.17, 15) is 0 Å². The van der Waals surface area contributed by atoms with Gasteiger partial charge in [0.1, 0.15) is 10.8 Å². The number of ether oxygens (including phenoxy) is 1. The van der Waals surface area contributed by atoms with Crippen LogP contribution in [0, 0.1) is 5.41 Å². The van der Waals surface area contributed by atoms with Crippen LogP contribution in [0.2, 0.25) is 0 Å². The Morgan fingerprint density at radius 3 is 2.65 bits per heavy atom. The smallest absolute Gasteiger partial charge is 0.208 e. The lowest BCUT2D eigenvalue weighted by molar-refractivity contribution is 0.232. The molecule has 5 nitrogen and oxygen atoms in total. The van der Waals surface area contributed by atoms with Crippen LogP contribution in [0.5, 0.6) is 5.75 Å². The van der Waals surface area contributed by atoms with Gasteiger partial charge in [-0.05, 0) is 62.0 Å². The van der Waals surface area contributed by atoms with Crippen LogP contribution in [0.4, 0.5) is 5.13 Å². The number of hydrogen-bond donors (Lipinski definition) is 1. The van der Waals surface area contributed by atoms with E-state index in [-0.39, 0.29) is 0 Å². The van der Waals surface area contributed by atoms with Crippen molar-refractivity contribution in [1.29, 1.82) is 0 Å². The van der Waals surface area contributed by atoms with Crippen LogP contribution >= 0.6 is 11.3 Å². The minimum atomic E-state index is 0.497. The fraction of sp³-hybridized carbons (Fsp3) is 0.529. The van der Waals surface area contributed by atoms with Gasteiger partial charge in [0.05, 0.1) is 7.11 Å². The highest BCUT2D eigenvalue weighted by molar-refractivity contribution is 7.18. The van der Waals surface area contributed by atoms with Crippen LogP contribution in [0.1, 0.15) is 19.3 Å². The summed E-state index contributed by atoms with van der Waals surface area (Å²) < 4.78 is 5.21. The number of methoxy groups -OCH3 is 1. The van der Waals surface area contributed by atoms with E-state index in [0.717, 1.165) is 47.6 Å². The third-order valence-corrected chi connectivity index (χ3v) is 6.16. The van der Waals surface area contributed by atoms with E-state index >= 15 is 0 Å². The predicted octanol–water partition coefficient (Wildman–Crippen LogP) is 2.79. The van der Waals surface area contributed by atoms with Gasteiger partial charge in [0.15, 0.2) is 0 Å². The third kappa shape index (κ3) is 2.93. The number of anilines is 1. The molecule has 23 heavy (non-hydrogen) atoms. The zero-order chi connectivity index (χ0) is 15.7. The molecule has 2 aliphatic rings. The number of nitrogens with zero attached hydrogens (tertiary/aromatic N) is 3. The zero-order valence-electron chi connectivity index (χ0n) is 13.4. The van der Waals surface area contributed by atoms with Crippen LogP contribution in [0.15, 0.2) is 24.3 Å². The quantitative estimate of drug-likeness (QED) is 0.938. The Kier molecular flexibility index (Phi) is 3.95. The van der Waals surface area contributed by atoms with Crippen molar-refractivity contribution in [2.45, 2.75) is 19.3 Å². The van der Waals surface area contributed by atoms with Gasteiger partial charge < -0.3 is 15.0 Å². The molecule has 2 aliphatic heterocycles. The Morgan fingerprint density at radius 2 is 1.91 bits per heavy atom. The number of piperidine rings is 1. The molecule has 6 heteroatoms. The van der Waals surface area contributed by atoms with Crippen molar-refractivity contribution in [3.05, 3.63) is 24.3 Å². The first-order valence-electron chi connectivity index (χ1n) is 8.22. The van der Waals surface area contributed by atoms with Gasteiger partial charge in [-0.1, -0.05) is 11.3 Å². The minimum absolute atomic E-state index is 0.497. The average Bonchev–Trinajstić information content (AvgIpc) is 3.23. The van der Waals surface area contributed by atoms with Crippen molar-refractivity contribution >= 4 is 16.5 Å². The minimum Gasteiger partial charge on any atom is -0.497 e. The van der Waals surface area contributed by atoms with E-state index in [2.05, 4.69) is 20.4 Å². The Balaban J connectivity index is 1.49. The largest absolute Gasteiger partial charge is 0.497 e. The Morgan fingerprint density at radius 1 is 1.13 bits per heavy atom. The molecule has 1 aromatic carbocycles. The summed E-state index contributed by atoms with van der Waals surface area (Å²) in [6.45, 7) is 4.55. The topological polar surface area (TPSA) is 50.3 Å². The lowest BCUT2D eigenvalue weighted by Crippen LogP contribution is -2.38. The summed E-state index contributed by atoms with van der Waals surface area (Å²) in [6.07, 6.45) is 3.85. The maximum atomic E-state index is 5.21. The van der Waals surface area contributed by atoms with Crippen molar-refractivity contribution in [3.63, 3.8) is 0 Å². The second-order valence-electron chi connectivity index (χ2n) is 6.54. The lowest BCUT2D eigenvalue weighted by Gasteiger charge is -2.33. The molecule has 0 amide bonds. The van der Waals surface area contributed by atoms with Gasteiger partial charge >= 0.3 is 0 Å². The van der Waals surface area contributed by atoms with Crippen molar-refractivity contribution in [1.82, 2.24) is 15.5 Å². The summed E-state index contributed by atoms with van der Waals surface area (Å²) in [6, 6.07) is 8.02. The Bertz CT molecular complexity index is 663. The van der Waals surface area contributed by atoms with Gasteiger partial charge in [0.2, 0.25) is 5.13 Å². The fourth-order valence-corrected chi connectivity index (χ4v) is 4.53. The molecule has 0 aliphatic carbocycles. The third-order valence-electron chi connectivity index (χ3n) is 5.12. The van der Waals surface area contributed by atoms with E-state index in [4.69, 9.17) is 4.74 Å². The molecule has 2 aromatic rings. The summed E-state index contributed by atoms with van der Waals surface area (Å²) in [4.78, 5) is 2.43.